The number of aromatic nitrogens is 2. The molecule has 0 aliphatic carbocycles. The molecule has 0 radical (unpaired) electrons. The van der Waals surface area contributed by atoms with Gasteiger partial charge in [-0.3, -0.25) is 18.8 Å². The van der Waals surface area contributed by atoms with Crippen molar-refractivity contribution >= 4 is 22.6 Å². The van der Waals surface area contributed by atoms with E-state index in [1.807, 2.05) is 42.5 Å². The quantitative estimate of drug-likeness (QED) is 0.542. The van der Waals surface area contributed by atoms with E-state index in [4.69, 9.17) is 0 Å². The Morgan fingerprint density at radius 2 is 1.62 bits per heavy atom. The molecule has 0 bridgehead atoms. The zero-order valence-corrected chi connectivity index (χ0v) is 18.3. The number of amides is 1. The first-order chi connectivity index (χ1) is 15.5. The second kappa shape index (κ2) is 8.13. The molecule has 1 aliphatic rings. The smallest absolute Gasteiger partial charge is 0.322 e. The summed E-state index contributed by atoms with van der Waals surface area (Å²) in [6.45, 7) is 2.88. The summed E-state index contributed by atoms with van der Waals surface area (Å²) in [5.74, 6) is -0.163. The number of benzene rings is 3. The van der Waals surface area contributed by atoms with Gasteiger partial charge in [-0.2, -0.15) is 0 Å². The molecule has 1 N–H and O–H groups in total. The van der Waals surface area contributed by atoms with Crippen molar-refractivity contribution in [1.29, 1.82) is 0 Å². The number of nitrogens with one attached hydrogen (secondary N) is 1. The summed E-state index contributed by atoms with van der Waals surface area (Å²) >= 11 is 0. The lowest BCUT2D eigenvalue weighted by Crippen LogP contribution is -2.29. The van der Waals surface area contributed by atoms with E-state index in [1.165, 1.54) is 16.7 Å². The molecule has 4 aromatic rings. The Morgan fingerprint density at radius 1 is 0.906 bits per heavy atom. The number of nitrogens with zero attached hydrogens (tertiary/aromatic N) is 3. The molecule has 6 heteroatoms. The molecule has 162 valence electrons. The number of hydrogen-bond acceptors (Lipinski definition) is 3. The van der Waals surface area contributed by atoms with Crippen molar-refractivity contribution in [3.63, 3.8) is 0 Å². The van der Waals surface area contributed by atoms with Crippen molar-refractivity contribution < 1.29 is 4.79 Å². The van der Waals surface area contributed by atoms with Crippen LogP contribution in [0.1, 0.15) is 27.0 Å². The Morgan fingerprint density at radius 3 is 2.41 bits per heavy atom. The molecule has 5 rings (SSSR count). The van der Waals surface area contributed by atoms with Gasteiger partial charge in [0.15, 0.2) is 0 Å². The van der Waals surface area contributed by atoms with Crippen molar-refractivity contribution in [2.75, 3.05) is 11.9 Å². The van der Waals surface area contributed by atoms with Crippen LogP contribution in [0, 0.1) is 0 Å². The number of fused-ring (bicyclic) bond motifs is 2. The molecule has 0 saturated carbocycles. The topological polar surface area (TPSA) is 59.3 Å². The van der Waals surface area contributed by atoms with Crippen molar-refractivity contribution in [3.8, 4) is 0 Å². The van der Waals surface area contributed by atoms with Crippen molar-refractivity contribution in [2.45, 2.75) is 19.5 Å². The predicted octanol–water partition coefficient (Wildman–Crippen LogP) is 3.69. The minimum absolute atomic E-state index is 0.0868. The zero-order valence-electron chi connectivity index (χ0n) is 18.3. The van der Waals surface area contributed by atoms with Gasteiger partial charge in [0.25, 0.3) is 5.91 Å². The minimum atomic E-state index is -0.163. The van der Waals surface area contributed by atoms with Crippen LogP contribution in [-0.4, -0.2) is 26.5 Å². The molecule has 0 atom stereocenters. The number of carbonyl (C=O) groups excluding carboxylic acids is 1. The Balaban J connectivity index is 1.26. The number of imidazole rings is 1. The second-order valence-electron chi connectivity index (χ2n) is 8.48. The van der Waals surface area contributed by atoms with E-state index in [0.717, 1.165) is 37.1 Å². The van der Waals surface area contributed by atoms with E-state index < -0.39 is 0 Å². The monoisotopic (exact) mass is 426 g/mol. The third kappa shape index (κ3) is 3.74. The van der Waals surface area contributed by atoms with Crippen LogP contribution in [-0.2, 0) is 33.6 Å². The van der Waals surface area contributed by atoms with Gasteiger partial charge in [-0.05, 0) is 53.4 Å². The van der Waals surface area contributed by atoms with Crippen LogP contribution in [0.3, 0.4) is 0 Å². The maximum absolute atomic E-state index is 12.8. The zero-order chi connectivity index (χ0) is 22.2. The lowest BCUT2D eigenvalue weighted by Gasteiger charge is -2.28. The molecule has 1 aliphatic heterocycles. The normalized spacial score (nSPS) is 13.8. The minimum Gasteiger partial charge on any atom is -0.322 e. The SMILES string of the molecule is Cn1c(=O)n(C)c2cc(NC(=O)c3ccc(CN4CCc5ccccc5C4)cc3)ccc21. The molecular weight excluding hydrogens is 400 g/mol. The van der Waals surface area contributed by atoms with Crippen LogP contribution >= 0.6 is 0 Å². The summed E-state index contributed by atoms with van der Waals surface area (Å²) in [6.07, 6.45) is 1.08. The molecule has 1 aromatic heterocycles. The van der Waals surface area contributed by atoms with Crippen LogP contribution in [0.2, 0.25) is 0 Å². The van der Waals surface area contributed by atoms with E-state index in [2.05, 4.69) is 34.5 Å². The highest BCUT2D eigenvalue weighted by Crippen LogP contribution is 2.21. The fraction of sp³-hybridized carbons (Fsp3) is 0.231. The summed E-state index contributed by atoms with van der Waals surface area (Å²) in [5, 5.41) is 2.94. The van der Waals surface area contributed by atoms with Crippen molar-refractivity contribution in [3.05, 3.63) is 99.5 Å². The fourth-order valence-electron chi connectivity index (χ4n) is 4.50. The number of rotatable bonds is 4. The van der Waals surface area contributed by atoms with Crippen LogP contribution in [0.4, 0.5) is 5.69 Å². The summed E-state index contributed by atoms with van der Waals surface area (Å²) < 4.78 is 3.18. The van der Waals surface area contributed by atoms with Crippen LogP contribution in [0.25, 0.3) is 11.0 Å². The molecule has 6 nitrogen and oxygen atoms in total. The Bertz CT molecular complexity index is 1370. The van der Waals surface area contributed by atoms with E-state index in [0.29, 0.717) is 11.3 Å². The molecule has 32 heavy (non-hydrogen) atoms. The first-order valence-corrected chi connectivity index (χ1v) is 10.8. The first-order valence-electron chi connectivity index (χ1n) is 10.8. The van der Waals surface area contributed by atoms with Crippen LogP contribution in [0.5, 0.6) is 0 Å². The molecule has 0 fully saturated rings. The van der Waals surface area contributed by atoms with E-state index in [9.17, 15) is 9.59 Å². The standard InChI is InChI=1S/C26H26N4O2/c1-28-23-12-11-22(15-24(23)29(2)26(28)32)27-25(31)20-9-7-18(8-10-20)16-30-14-13-19-5-3-4-6-21(19)17-30/h3-12,15H,13-14,16-17H2,1-2H3,(H,27,31). The van der Waals surface area contributed by atoms with E-state index in [1.54, 1.807) is 23.2 Å². The van der Waals surface area contributed by atoms with Gasteiger partial charge in [0.1, 0.15) is 0 Å². The van der Waals surface area contributed by atoms with E-state index >= 15 is 0 Å². The van der Waals surface area contributed by atoms with Gasteiger partial charge in [0.2, 0.25) is 0 Å². The van der Waals surface area contributed by atoms with Gasteiger partial charge in [0.05, 0.1) is 11.0 Å². The predicted molar refractivity (Wildman–Crippen MR) is 127 cm³/mol. The third-order valence-corrected chi connectivity index (χ3v) is 6.36. The summed E-state index contributed by atoms with van der Waals surface area (Å²) in [7, 11) is 3.48. The van der Waals surface area contributed by atoms with Gasteiger partial charge in [0, 0.05) is 45.0 Å². The highest BCUT2D eigenvalue weighted by Gasteiger charge is 2.16. The summed E-state index contributed by atoms with van der Waals surface area (Å²) in [6, 6.07) is 21.9. The lowest BCUT2D eigenvalue weighted by atomic mass is 9.99. The molecule has 2 heterocycles. The van der Waals surface area contributed by atoms with Crippen molar-refractivity contribution in [1.82, 2.24) is 14.0 Å². The highest BCUT2D eigenvalue weighted by atomic mass is 16.2. The molecule has 0 saturated heterocycles. The second-order valence-corrected chi connectivity index (χ2v) is 8.48. The van der Waals surface area contributed by atoms with Gasteiger partial charge in [-0.25, -0.2) is 4.79 Å². The molecule has 0 unspecified atom stereocenters. The van der Waals surface area contributed by atoms with Crippen LogP contribution in [0.15, 0.2) is 71.5 Å². The first kappa shape index (κ1) is 20.3. The van der Waals surface area contributed by atoms with Gasteiger partial charge in [-0.15, -0.1) is 0 Å². The van der Waals surface area contributed by atoms with Gasteiger partial charge in [-0.1, -0.05) is 36.4 Å². The van der Waals surface area contributed by atoms with Crippen LogP contribution < -0.4 is 11.0 Å². The summed E-state index contributed by atoms with van der Waals surface area (Å²) in [5.41, 5.74) is 6.86. The fourth-order valence-corrected chi connectivity index (χ4v) is 4.50. The Labute approximate surface area is 186 Å². The molecular formula is C26H26N4O2. The van der Waals surface area contributed by atoms with Gasteiger partial charge >= 0.3 is 5.69 Å². The average Bonchev–Trinajstić information content (AvgIpc) is 3.03. The van der Waals surface area contributed by atoms with Crippen molar-refractivity contribution in [2.24, 2.45) is 14.1 Å². The number of hydrogen-bond donors (Lipinski definition) is 1. The number of aryl methyl sites for hydroxylation is 2. The van der Waals surface area contributed by atoms with Gasteiger partial charge < -0.3 is 5.32 Å². The largest absolute Gasteiger partial charge is 0.328 e. The maximum atomic E-state index is 12.8. The maximum Gasteiger partial charge on any atom is 0.328 e. The summed E-state index contributed by atoms with van der Waals surface area (Å²) in [4.78, 5) is 27.3. The average molecular weight is 427 g/mol. The number of carbonyl (C=O) groups is 1. The third-order valence-electron chi connectivity index (χ3n) is 6.36. The Kier molecular flexibility index (Phi) is 5.15. The number of anilines is 1. The molecule has 1 amide bonds. The Hall–Kier alpha value is -3.64. The molecule has 3 aromatic carbocycles. The lowest BCUT2D eigenvalue weighted by molar-refractivity contribution is 0.102. The highest BCUT2D eigenvalue weighted by molar-refractivity contribution is 6.05. The van der Waals surface area contributed by atoms with E-state index in [-0.39, 0.29) is 11.6 Å². The molecule has 0 spiro atoms.